The summed E-state index contributed by atoms with van der Waals surface area (Å²) in [5.41, 5.74) is 6.51. The average Bonchev–Trinajstić information content (AvgIpc) is 3.11. The summed E-state index contributed by atoms with van der Waals surface area (Å²) in [5, 5.41) is 0. The van der Waals surface area contributed by atoms with Gasteiger partial charge in [-0.05, 0) is 43.4 Å². The largest absolute Gasteiger partial charge is 0.378 e. The van der Waals surface area contributed by atoms with Crippen LogP contribution in [0.25, 0.3) is 0 Å². The van der Waals surface area contributed by atoms with Crippen LogP contribution in [0.5, 0.6) is 0 Å². The van der Waals surface area contributed by atoms with Crippen LogP contribution in [0.3, 0.4) is 0 Å². The van der Waals surface area contributed by atoms with Crippen molar-refractivity contribution in [1.82, 2.24) is 0 Å². The van der Waals surface area contributed by atoms with Gasteiger partial charge in [-0.25, -0.2) is 0 Å². The normalized spacial score (nSPS) is 41.6. The molecule has 0 aromatic rings. The average molecular weight is 239 g/mol. The van der Waals surface area contributed by atoms with Crippen molar-refractivity contribution in [1.29, 1.82) is 0 Å². The second-order valence-corrected chi connectivity index (χ2v) is 6.36. The molecule has 0 amide bonds. The van der Waals surface area contributed by atoms with Crippen LogP contribution < -0.4 is 5.73 Å². The van der Waals surface area contributed by atoms with Gasteiger partial charge in [0.2, 0.25) is 0 Å². The molecule has 4 atom stereocenters. The Morgan fingerprint density at radius 3 is 2.65 bits per heavy atom. The van der Waals surface area contributed by atoms with E-state index in [0.717, 1.165) is 45.0 Å². The zero-order valence-corrected chi connectivity index (χ0v) is 10.9. The van der Waals surface area contributed by atoms with Gasteiger partial charge in [-0.1, -0.05) is 6.92 Å². The second-order valence-electron chi connectivity index (χ2n) is 6.36. The topological polar surface area (TPSA) is 44.5 Å². The fraction of sp³-hybridized carbons (Fsp3) is 1.00. The third kappa shape index (κ3) is 2.38. The van der Waals surface area contributed by atoms with Crippen LogP contribution in [-0.2, 0) is 9.47 Å². The first kappa shape index (κ1) is 11.9. The summed E-state index contributed by atoms with van der Waals surface area (Å²) in [6, 6.07) is 0.365. The highest BCUT2D eigenvalue weighted by Gasteiger charge is 2.44. The molecule has 3 aliphatic rings. The van der Waals surface area contributed by atoms with E-state index < -0.39 is 0 Å². The molecule has 1 spiro atoms. The Bertz CT molecular complexity index is 271. The van der Waals surface area contributed by atoms with Crippen molar-refractivity contribution in [3.05, 3.63) is 0 Å². The predicted molar refractivity (Wildman–Crippen MR) is 66.7 cm³/mol. The standard InChI is InChI=1S/C14H25NO2/c1-10(11-2-3-11)13(15)12-4-6-17-14(8-12)5-7-16-9-14/h10-13H,2-9,15H2,1H3. The predicted octanol–water partition coefficient (Wildman–Crippen LogP) is 1.95. The number of ether oxygens (including phenoxy) is 2. The van der Waals surface area contributed by atoms with Crippen molar-refractivity contribution < 1.29 is 9.47 Å². The zero-order chi connectivity index (χ0) is 11.9. The fourth-order valence-corrected chi connectivity index (χ4v) is 3.62. The molecule has 0 aromatic heterocycles. The highest BCUT2D eigenvalue weighted by molar-refractivity contribution is 4.96. The number of hydrogen-bond acceptors (Lipinski definition) is 3. The summed E-state index contributed by atoms with van der Waals surface area (Å²) < 4.78 is 11.5. The van der Waals surface area contributed by atoms with Crippen molar-refractivity contribution in [2.24, 2.45) is 23.5 Å². The van der Waals surface area contributed by atoms with E-state index in [1.807, 2.05) is 0 Å². The molecule has 0 radical (unpaired) electrons. The monoisotopic (exact) mass is 239 g/mol. The van der Waals surface area contributed by atoms with E-state index in [1.165, 1.54) is 12.8 Å². The van der Waals surface area contributed by atoms with E-state index in [-0.39, 0.29) is 5.60 Å². The third-order valence-electron chi connectivity index (χ3n) is 5.12. The minimum absolute atomic E-state index is 0.0177. The van der Waals surface area contributed by atoms with Crippen LogP contribution in [0.1, 0.15) is 39.0 Å². The molecule has 98 valence electrons. The molecular formula is C14H25NO2. The second kappa shape index (κ2) is 4.52. The highest BCUT2D eigenvalue weighted by atomic mass is 16.6. The first-order valence-corrected chi connectivity index (χ1v) is 7.17. The van der Waals surface area contributed by atoms with Crippen LogP contribution in [0.4, 0.5) is 0 Å². The Morgan fingerprint density at radius 1 is 1.18 bits per heavy atom. The molecule has 3 fully saturated rings. The molecule has 2 saturated heterocycles. The maximum Gasteiger partial charge on any atom is 0.0939 e. The van der Waals surface area contributed by atoms with Crippen LogP contribution in [0.2, 0.25) is 0 Å². The molecule has 3 nitrogen and oxygen atoms in total. The molecular weight excluding hydrogens is 214 g/mol. The van der Waals surface area contributed by atoms with E-state index in [2.05, 4.69) is 6.92 Å². The Labute approximate surface area is 104 Å². The fourth-order valence-electron chi connectivity index (χ4n) is 3.62. The van der Waals surface area contributed by atoms with E-state index in [1.54, 1.807) is 0 Å². The highest BCUT2D eigenvalue weighted by Crippen LogP contribution is 2.43. The smallest absolute Gasteiger partial charge is 0.0939 e. The van der Waals surface area contributed by atoms with Crippen molar-refractivity contribution in [2.75, 3.05) is 19.8 Å². The maximum absolute atomic E-state index is 6.49. The lowest BCUT2D eigenvalue weighted by Crippen LogP contribution is -2.48. The third-order valence-corrected chi connectivity index (χ3v) is 5.12. The van der Waals surface area contributed by atoms with Crippen molar-refractivity contribution >= 4 is 0 Å². The molecule has 17 heavy (non-hydrogen) atoms. The van der Waals surface area contributed by atoms with Gasteiger partial charge in [-0.3, -0.25) is 0 Å². The summed E-state index contributed by atoms with van der Waals surface area (Å²) >= 11 is 0. The summed E-state index contributed by atoms with van der Waals surface area (Å²) in [7, 11) is 0. The Kier molecular flexibility index (Phi) is 3.18. The van der Waals surface area contributed by atoms with Crippen LogP contribution >= 0.6 is 0 Å². The Balaban J connectivity index is 1.62. The molecule has 1 aliphatic carbocycles. The van der Waals surface area contributed by atoms with Gasteiger partial charge in [0.25, 0.3) is 0 Å². The molecule has 4 unspecified atom stereocenters. The van der Waals surface area contributed by atoms with Crippen LogP contribution in [0.15, 0.2) is 0 Å². The van der Waals surface area contributed by atoms with Gasteiger partial charge in [-0.15, -0.1) is 0 Å². The first-order chi connectivity index (χ1) is 8.20. The maximum atomic E-state index is 6.49. The summed E-state index contributed by atoms with van der Waals surface area (Å²) in [5.74, 6) is 2.24. The molecule has 2 N–H and O–H groups in total. The molecule has 2 heterocycles. The molecule has 1 saturated carbocycles. The Hall–Kier alpha value is -0.120. The lowest BCUT2D eigenvalue weighted by molar-refractivity contribution is -0.104. The van der Waals surface area contributed by atoms with E-state index in [0.29, 0.717) is 17.9 Å². The van der Waals surface area contributed by atoms with Gasteiger partial charge in [0.1, 0.15) is 0 Å². The first-order valence-electron chi connectivity index (χ1n) is 7.17. The minimum Gasteiger partial charge on any atom is -0.378 e. The lowest BCUT2D eigenvalue weighted by atomic mass is 9.76. The van der Waals surface area contributed by atoms with Gasteiger partial charge >= 0.3 is 0 Å². The molecule has 3 rings (SSSR count). The summed E-state index contributed by atoms with van der Waals surface area (Å²) in [6.45, 7) is 4.86. The molecule has 0 aromatic carbocycles. The van der Waals surface area contributed by atoms with Gasteiger partial charge in [0, 0.05) is 25.7 Å². The minimum atomic E-state index is 0.0177. The van der Waals surface area contributed by atoms with Gasteiger partial charge < -0.3 is 15.2 Å². The van der Waals surface area contributed by atoms with Crippen LogP contribution in [0, 0.1) is 17.8 Å². The number of hydrogen-bond donors (Lipinski definition) is 1. The van der Waals surface area contributed by atoms with Gasteiger partial charge in [0.05, 0.1) is 12.2 Å². The van der Waals surface area contributed by atoms with Crippen molar-refractivity contribution in [2.45, 2.75) is 50.7 Å². The summed E-state index contributed by atoms with van der Waals surface area (Å²) in [4.78, 5) is 0. The zero-order valence-electron chi connectivity index (χ0n) is 10.9. The lowest BCUT2D eigenvalue weighted by Gasteiger charge is -2.41. The molecule has 3 heteroatoms. The van der Waals surface area contributed by atoms with Gasteiger partial charge in [-0.2, -0.15) is 0 Å². The quantitative estimate of drug-likeness (QED) is 0.818. The number of rotatable bonds is 3. The molecule has 0 bridgehead atoms. The Morgan fingerprint density at radius 2 is 2.00 bits per heavy atom. The van der Waals surface area contributed by atoms with E-state index in [9.17, 15) is 0 Å². The van der Waals surface area contributed by atoms with Crippen LogP contribution in [-0.4, -0.2) is 31.5 Å². The van der Waals surface area contributed by atoms with Crippen molar-refractivity contribution in [3.8, 4) is 0 Å². The van der Waals surface area contributed by atoms with Crippen molar-refractivity contribution in [3.63, 3.8) is 0 Å². The number of nitrogens with two attached hydrogens (primary N) is 1. The van der Waals surface area contributed by atoms with E-state index in [4.69, 9.17) is 15.2 Å². The summed E-state index contributed by atoms with van der Waals surface area (Å²) in [6.07, 6.45) is 6.11. The molecule has 2 aliphatic heterocycles. The van der Waals surface area contributed by atoms with Gasteiger partial charge in [0.15, 0.2) is 0 Å². The van der Waals surface area contributed by atoms with E-state index >= 15 is 0 Å². The SMILES string of the molecule is CC(C1CC1)C(N)C1CCOC2(CCOC2)C1.